The molecule has 0 saturated carbocycles. The third-order valence-corrected chi connectivity index (χ3v) is 23.7. The van der Waals surface area contributed by atoms with Gasteiger partial charge in [-0.15, -0.1) is 0 Å². The lowest BCUT2D eigenvalue weighted by Gasteiger charge is -2.39. The molecule has 14 rings (SSSR count). The zero-order valence-electron chi connectivity index (χ0n) is 54.3. The summed E-state index contributed by atoms with van der Waals surface area (Å²) in [6.07, 6.45) is -32.1. The Morgan fingerprint density at radius 3 is 0.818 bits per heavy atom. The van der Waals surface area contributed by atoms with Gasteiger partial charge < -0.3 is 119 Å². The Hall–Kier alpha value is -7.04. The Morgan fingerprint density at radius 1 is 0.291 bits per heavy atom. The number of benzene rings is 4. The predicted octanol–water partition coefficient (Wildman–Crippen LogP) is 4.82. The molecular formula is C66H52F14N4O22S4. The van der Waals surface area contributed by atoms with E-state index in [1.807, 2.05) is 0 Å². The van der Waals surface area contributed by atoms with Gasteiger partial charge >= 0.3 is 0 Å². The number of rotatable bonds is 14. The molecule has 0 amide bonds. The van der Waals surface area contributed by atoms with Crippen molar-refractivity contribution < 1.29 is 171 Å². The number of fused-ring (bicyclic) bond motifs is 14. The van der Waals surface area contributed by atoms with E-state index in [9.17, 15) is 81.7 Å². The van der Waals surface area contributed by atoms with Gasteiger partial charge in [0.2, 0.25) is 11.4 Å². The molecule has 18 N–H and O–H groups in total. The number of ether oxygens (including phenoxy) is 4. The molecule has 0 spiro atoms. The number of hydrogen-bond donors (Lipinski definition) is 18. The summed E-state index contributed by atoms with van der Waals surface area (Å²) in [4.78, 5) is 7.10. The zero-order chi connectivity index (χ0) is 79.3. The summed E-state index contributed by atoms with van der Waals surface area (Å²) < 4.78 is 276. The molecule has 5 aromatic heterocycles. The van der Waals surface area contributed by atoms with E-state index in [0.717, 1.165) is 12.1 Å². The number of aliphatic hydroxyl groups is 16. The van der Waals surface area contributed by atoms with Crippen LogP contribution in [0.4, 0.5) is 61.5 Å². The summed E-state index contributed by atoms with van der Waals surface area (Å²) in [5.74, 6) is -32.0. The lowest BCUT2D eigenvalue weighted by Crippen LogP contribution is -2.57. The van der Waals surface area contributed by atoms with E-state index in [1.54, 1.807) is 0 Å². The molecule has 20 atom stereocenters. The fraction of sp³-hybridized carbons (Fsp3) is 0.364. The molecule has 6 bridgehead atoms. The van der Waals surface area contributed by atoms with E-state index in [-0.39, 0.29) is 47.0 Å². The van der Waals surface area contributed by atoms with Crippen molar-refractivity contribution >= 4 is 125 Å². The van der Waals surface area contributed by atoms with Gasteiger partial charge in [0.25, 0.3) is 0 Å². The quantitative estimate of drug-likeness (QED) is 0.0512. The van der Waals surface area contributed by atoms with Crippen LogP contribution in [0.15, 0.2) is 52.7 Å². The maximum absolute atomic E-state index is 17.6. The lowest BCUT2D eigenvalue weighted by molar-refractivity contribution is -0.205. The van der Waals surface area contributed by atoms with Crippen molar-refractivity contribution in [2.24, 2.45) is 0 Å². The Kier molecular flexibility index (Phi) is 22.0. The van der Waals surface area contributed by atoms with Crippen LogP contribution >= 0.6 is 47.0 Å². The monoisotopic (exact) mass is 1650 g/mol. The van der Waals surface area contributed by atoms with Crippen molar-refractivity contribution in [1.29, 1.82) is 0 Å². The minimum absolute atomic E-state index is 0.218. The van der Waals surface area contributed by atoms with Crippen LogP contribution in [0.1, 0.15) is 11.4 Å². The SMILES string of the molecule is OC[C@H]1O[C@H](Sc2c(F)c(F)c(-c3c4nc(c(-c5c(F)c(F)c(S[C@H]6O[C@H](CO)[C@H](O)C(O)C6O)c(F)c5F)c5ccc([nH]5)c5c(nc6oc7c(F)c(S[C@H]8O[C@H](CO)[C@H](O)C(O)C8O)c(F)c(F)c7c6c6ccc3[nH]6)oc3c(F)c(S[C@H]6O[C@H](CO)[C@H](O)C(O)C6O)c(F)c(F)c35)C=C4)c(F)c2F)C(O)C(O)[C@H]1O. The van der Waals surface area contributed by atoms with Crippen LogP contribution in [0, 0.1) is 81.4 Å². The molecule has 0 aliphatic carbocycles. The summed E-state index contributed by atoms with van der Waals surface area (Å²) in [6.45, 7) is -4.42. The predicted molar refractivity (Wildman–Crippen MR) is 353 cm³/mol. The van der Waals surface area contributed by atoms with Gasteiger partial charge in [-0.2, -0.15) is 4.98 Å². The number of thioether (sulfide) groups is 4. The van der Waals surface area contributed by atoms with E-state index in [1.165, 1.54) is 0 Å². The summed E-state index contributed by atoms with van der Waals surface area (Å²) >= 11 is -1.11. The van der Waals surface area contributed by atoms with Crippen LogP contribution in [-0.2, 0) is 18.9 Å². The van der Waals surface area contributed by atoms with Crippen LogP contribution in [0.5, 0.6) is 0 Å². The average molecular weight is 1650 g/mol. The van der Waals surface area contributed by atoms with Crippen LogP contribution in [0.3, 0.4) is 0 Å². The van der Waals surface area contributed by atoms with Gasteiger partial charge in [-0.1, -0.05) is 47.0 Å². The second-order valence-corrected chi connectivity index (χ2v) is 29.8. The molecule has 0 radical (unpaired) electrons. The molecule has 110 heavy (non-hydrogen) atoms. The van der Waals surface area contributed by atoms with E-state index >= 15 is 61.5 Å². The molecule has 10 heterocycles. The van der Waals surface area contributed by atoms with Gasteiger partial charge in [-0.25, -0.2) is 66.4 Å². The zero-order valence-corrected chi connectivity index (χ0v) is 57.5. The molecule has 8 unspecified atom stereocenters. The number of nitrogens with one attached hydrogen (secondary N) is 2. The minimum atomic E-state index is -2.43. The topological polar surface area (TPSA) is 444 Å². The second-order valence-electron chi connectivity index (χ2n) is 25.3. The maximum Gasteiger partial charge on any atom is 0.232 e. The van der Waals surface area contributed by atoms with Crippen LogP contribution in [-0.4, -0.2) is 247 Å². The first-order chi connectivity index (χ1) is 52.2. The Balaban J connectivity index is 1.10. The van der Waals surface area contributed by atoms with Crippen molar-refractivity contribution in [3.05, 3.63) is 117 Å². The largest absolute Gasteiger partial charge is 0.434 e. The number of H-pyrrole nitrogens is 2. The molecular weight excluding hydrogens is 1590 g/mol. The number of aromatic amines is 2. The summed E-state index contributed by atoms with van der Waals surface area (Å²) in [7, 11) is 0. The average Bonchev–Trinajstić information content (AvgIpc) is 1.56. The third kappa shape index (κ3) is 12.9. The van der Waals surface area contributed by atoms with Gasteiger partial charge in [0.05, 0.1) is 101 Å². The van der Waals surface area contributed by atoms with Crippen LogP contribution in [0.25, 0.3) is 101 Å². The molecule has 5 aliphatic rings. The number of furan rings is 2. The second kappa shape index (κ2) is 30.4. The highest BCUT2D eigenvalue weighted by atomic mass is 32.2. The lowest BCUT2D eigenvalue weighted by atomic mass is 10.0. The van der Waals surface area contributed by atoms with Crippen LogP contribution < -0.4 is 0 Å². The first-order valence-electron chi connectivity index (χ1n) is 32.1. The van der Waals surface area contributed by atoms with Gasteiger partial charge in [0.1, 0.15) is 119 Å². The highest BCUT2D eigenvalue weighted by molar-refractivity contribution is 8.00. The Labute approximate surface area is 618 Å². The molecule has 4 aromatic carbocycles. The first kappa shape index (κ1) is 79.6. The minimum Gasteiger partial charge on any atom is -0.434 e. The maximum atomic E-state index is 17.6. The summed E-state index contributed by atoms with van der Waals surface area (Å²) in [5.41, 5.74) is -26.0. The van der Waals surface area contributed by atoms with E-state index in [0.29, 0.717) is 24.3 Å². The van der Waals surface area contributed by atoms with Gasteiger partial charge in [-0.05, 0) is 36.4 Å². The molecule has 5 aliphatic heterocycles. The molecule has 4 fully saturated rings. The smallest absolute Gasteiger partial charge is 0.232 e. The highest BCUT2D eigenvalue weighted by Crippen LogP contribution is 2.50. The normalized spacial score (nSPS) is 29.1. The number of aromatic nitrogens is 4. The van der Waals surface area contributed by atoms with E-state index < -0.39 is 347 Å². The molecule has 26 nitrogen and oxygen atoms in total. The summed E-state index contributed by atoms with van der Waals surface area (Å²) in [5, 5.41) is 162. The van der Waals surface area contributed by atoms with Crippen molar-refractivity contribution in [2.75, 3.05) is 26.4 Å². The standard InChI is InChI=1S/C66H52F14N4O22S4/c67-29-25(30(68)36(74)57(35(29)73)107-63-51(97)47(93)43(89)17(7-85)101-63)21-11-1-2-12(81-11)22(26-31(69)37(75)58(38(76)32(26)70)108-64-52(98)48(94)44(90)18(8-86)102-64)14-4-6-16(83-14)24-28-34(72)40(78)60(110-66-54(100)50(96)46(92)20(10-88)104-66)42(80)56(28)106-62(24)84-61-23(15-5-3-13(21)82-15)27-33(71)39(77)59(41(79)55(27)105-61)109-65-53(99)49(95)45(91)19(9-87)103-65/h1-6,17-20,43-54,63-66,82-83,85-100H,7-10H2/t17-,18-,19-,20-,43+,44+,45+,46+,47?,48?,49?,50?,51?,52?,53?,54?,63-,64-,65-,66-/m1/s1. The van der Waals surface area contributed by atoms with Crippen molar-refractivity contribution in [3.8, 4) is 22.3 Å². The Bertz CT molecular complexity index is 5030. The molecule has 44 heteroatoms. The van der Waals surface area contributed by atoms with Gasteiger partial charge in [-0.3, -0.25) is 0 Å². The van der Waals surface area contributed by atoms with Crippen molar-refractivity contribution in [3.63, 3.8) is 0 Å². The van der Waals surface area contributed by atoms with Crippen molar-refractivity contribution in [1.82, 2.24) is 19.9 Å². The van der Waals surface area contributed by atoms with Gasteiger partial charge in [0.15, 0.2) is 92.6 Å². The van der Waals surface area contributed by atoms with Gasteiger partial charge in [0, 0.05) is 22.2 Å². The van der Waals surface area contributed by atoms with E-state index in [2.05, 4.69) is 19.9 Å². The van der Waals surface area contributed by atoms with Crippen LogP contribution in [0.2, 0.25) is 0 Å². The molecule has 4 saturated heterocycles. The number of hydrogen-bond acceptors (Lipinski definition) is 28. The molecule has 9 aromatic rings. The summed E-state index contributed by atoms with van der Waals surface area (Å²) in [6, 6.07) is 2.91. The fourth-order valence-electron chi connectivity index (χ4n) is 13.1. The first-order valence-corrected chi connectivity index (χ1v) is 35.6. The number of nitrogens with zero attached hydrogens (tertiary/aromatic N) is 2. The Morgan fingerprint density at radius 2 is 0.545 bits per heavy atom. The number of halogens is 14. The van der Waals surface area contributed by atoms with Crippen molar-refractivity contribution in [2.45, 2.75) is 139 Å². The fourth-order valence-corrected chi connectivity index (χ4v) is 17.6. The third-order valence-electron chi connectivity index (χ3n) is 18.9. The van der Waals surface area contributed by atoms with E-state index in [4.69, 9.17) is 27.8 Å². The molecule has 590 valence electrons. The number of aliphatic hydroxyl groups excluding tert-OH is 16. The highest BCUT2D eigenvalue weighted by Gasteiger charge is 2.50.